The number of fused-ring (bicyclic) bond motifs is 3. The Bertz CT molecular complexity index is 1240. The van der Waals surface area contributed by atoms with Gasteiger partial charge in [0.25, 0.3) is 0 Å². The van der Waals surface area contributed by atoms with Gasteiger partial charge in [-0.3, -0.25) is 0 Å². The highest BCUT2D eigenvalue weighted by molar-refractivity contribution is 5.79. The molecule has 0 atom stereocenters. The maximum atomic E-state index is 6.43. The zero-order valence-corrected chi connectivity index (χ0v) is 16.8. The molecular weight excluding hydrogens is 380 g/mol. The van der Waals surface area contributed by atoms with Crippen LogP contribution in [0.4, 0.5) is 0 Å². The predicted octanol–water partition coefficient (Wildman–Crippen LogP) is 6.41. The van der Waals surface area contributed by atoms with Crippen LogP contribution in [0.2, 0.25) is 0 Å². The molecule has 0 saturated heterocycles. The lowest BCUT2D eigenvalue weighted by molar-refractivity contribution is 0.441. The molecule has 31 heavy (non-hydrogen) atoms. The van der Waals surface area contributed by atoms with Crippen molar-refractivity contribution in [2.45, 2.75) is 11.8 Å². The first-order valence-electron chi connectivity index (χ1n) is 10.5. The van der Waals surface area contributed by atoms with Gasteiger partial charge in [-0.2, -0.15) is 0 Å². The zero-order chi connectivity index (χ0) is 20.6. The third-order valence-electron chi connectivity index (χ3n) is 6.05. The quantitative estimate of drug-likeness (QED) is 0.343. The fourth-order valence-corrected chi connectivity index (χ4v) is 4.67. The number of hydrogen-bond donors (Lipinski definition) is 0. The summed E-state index contributed by atoms with van der Waals surface area (Å²) in [7, 11) is 0. The summed E-state index contributed by atoms with van der Waals surface area (Å²) in [6.45, 7) is 0. The van der Waals surface area contributed by atoms with Gasteiger partial charge in [0.05, 0.1) is 11.8 Å². The summed E-state index contributed by atoms with van der Waals surface area (Å²) in [6.07, 6.45) is 0. The lowest BCUT2D eigenvalue weighted by Gasteiger charge is -2.14. The van der Waals surface area contributed by atoms with Gasteiger partial charge in [0.1, 0.15) is 0 Å². The van der Waals surface area contributed by atoms with E-state index < -0.39 is 0 Å². The number of aromatic nitrogens is 2. The van der Waals surface area contributed by atoms with Gasteiger partial charge < -0.3 is 4.42 Å². The Balaban J connectivity index is 1.48. The van der Waals surface area contributed by atoms with Crippen LogP contribution >= 0.6 is 0 Å². The lowest BCUT2D eigenvalue weighted by atomic mass is 9.91. The lowest BCUT2D eigenvalue weighted by Crippen LogP contribution is -2.03. The molecular formula is C28H20N2O. The van der Waals surface area contributed by atoms with E-state index >= 15 is 0 Å². The van der Waals surface area contributed by atoms with Crippen molar-refractivity contribution in [1.82, 2.24) is 10.2 Å². The number of nitrogens with zero attached hydrogens (tertiary/aromatic N) is 2. The van der Waals surface area contributed by atoms with E-state index in [1.807, 2.05) is 36.4 Å². The normalized spacial score (nSPS) is 12.7. The summed E-state index contributed by atoms with van der Waals surface area (Å²) in [5.74, 6) is 1.12. The average Bonchev–Trinajstić information content (AvgIpc) is 3.43. The number of benzene rings is 4. The largest absolute Gasteiger partial charge is 0.423 e. The molecule has 3 nitrogen and oxygen atoms in total. The van der Waals surface area contributed by atoms with Gasteiger partial charge in [0.2, 0.25) is 11.8 Å². The van der Waals surface area contributed by atoms with E-state index in [4.69, 9.17) is 4.42 Å². The molecule has 148 valence electrons. The van der Waals surface area contributed by atoms with E-state index in [2.05, 4.69) is 83.0 Å². The Morgan fingerprint density at radius 3 is 1.58 bits per heavy atom. The highest BCUT2D eigenvalue weighted by atomic mass is 16.4. The van der Waals surface area contributed by atoms with Crippen molar-refractivity contribution in [3.05, 3.63) is 143 Å². The van der Waals surface area contributed by atoms with Crippen LogP contribution in [0.5, 0.6) is 0 Å². The van der Waals surface area contributed by atoms with Gasteiger partial charge in [0.15, 0.2) is 0 Å². The van der Waals surface area contributed by atoms with Crippen molar-refractivity contribution >= 4 is 0 Å². The maximum absolute atomic E-state index is 6.43. The van der Waals surface area contributed by atoms with Crippen molar-refractivity contribution in [3.8, 4) is 11.1 Å². The first-order valence-corrected chi connectivity index (χ1v) is 10.5. The second kappa shape index (κ2) is 7.37. The molecule has 3 heteroatoms. The van der Waals surface area contributed by atoms with Crippen LogP contribution in [0.1, 0.15) is 45.9 Å². The fraction of sp³-hybridized carbons (Fsp3) is 0.0714. The molecule has 6 rings (SSSR count). The Morgan fingerprint density at radius 2 is 1.03 bits per heavy atom. The summed E-state index contributed by atoms with van der Waals surface area (Å²) in [5.41, 5.74) is 7.19. The van der Waals surface area contributed by atoms with Gasteiger partial charge in [-0.25, -0.2) is 0 Å². The monoisotopic (exact) mass is 400 g/mol. The molecule has 5 aromatic rings. The molecule has 0 amide bonds. The van der Waals surface area contributed by atoms with Crippen LogP contribution in [0.25, 0.3) is 11.1 Å². The molecule has 0 spiro atoms. The molecule has 1 aromatic heterocycles. The molecule has 0 N–H and O–H groups in total. The van der Waals surface area contributed by atoms with Crippen LogP contribution in [0.15, 0.2) is 114 Å². The van der Waals surface area contributed by atoms with E-state index in [0.717, 1.165) is 11.1 Å². The second-order valence-electron chi connectivity index (χ2n) is 7.84. The Hall–Kier alpha value is -3.98. The van der Waals surface area contributed by atoms with Gasteiger partial charge in [-0.1, -0.05) is 109 Å². The van der Waals surface area contributed by atoms with E-state index in [1.54, 1.807) is 0 Å². The summed E-state index contributed by atoms with van der Waals surface area (Å²) < 4.78 is 6.43. The van der Waals surface area contributed by atoms with E-state index in [0.29, 0.717) is 11.8 Å². The Labute approximate surface area is 181 Å². The minimum atomic E-state index is -0.101. The number of hydrogen-bond acceptors (Lipinski definition) is 3. The van der Waals surface area contributed by atoms with Gasteiger partial charge >= 0.3 is 0 Å². The predicted molar refractivity (Wildman–Crippen MR) is 121 cm³/mol. The zero-order valence-electron chi connectivity index (χ0n) is 16.8. The summed E-state index contributed by atoms with van der Waals surface area (Å²) in [5, 5.41) is 9.09. The topological polar surface area (TPSA) is 38.9 Å². The summed E-state index contributed by atoms with van der Waals surface area (Å²) in [4.78, 5) is 0. The molecule has 4 aromatic carbocycles. The van der Waals surface area contributed by atoms with E-state index in [9.17, 15) is 0 Å². The SMILES string of the molecule is c1ccc(C(c2ccccc2)c2nnc(C3c4ccccc4-c4ccccc43)o2)cc1. The molecule has 1 aliphatic carbocycles. The van der Waals surface area contributed by atoms with Crippen LogP contribution < -0.4 is 0 Å². The minimum absolute atomic E-state index is 0.0409. The van der Waals surface area contributed by atoms with Crippen molar-refractivity contribution in [2.24, 2.45) is 0 Å². The van der Waals surface area contributed by atoms with Crippen LogP contribution in [-0.4, -0.2) is 10.2 Å². The minimum Gasteiger partial charge on any atom is -0.423 e. The molecule has 0 unspecified atom stereocenters. The van der Waals surface area contributed by atoms with Gasteiger partial charge in [-0.05, 0) is 33.4 Å². The first kappa shape index (κ1) is 17.8. The molecule has 0 bridgehead atoms. The first-order chi connectivity index (χ1) is 15.4. The second-order valence-corrected chi connectivity index (χ2v) is 7.84. The van der Waals surface area contributed by atoms with Crippen LogP contribution in [0.3, 0.4) is 0 Å². The van der Waals surface area contributed by atoms with Crippen molar-refractivity contribution in [1.29, 1.82) is 0 Å². The molecule has 0 radical (unpaired) electrons. The fourth-order valence-electron chi connectivity index (χ4n) is 4.67. The van der Waals surface area contributed by atoms with Gasteiger partial charge in [0, 0.05) is 0 Å². The number of rotatable bonds is 4. The van der Waals surface area contributed by atoms with E-state index in [-0.39, 0.29) is 11.8 Å². The molecule has 0 saturated carbocycles. The third-order valence-corrected chi connectivity index (χ3v) is 6.05. The summed E-state index contributed by atoms with van der Waals surface area (Å²) in [6, 6.07) is 37.7. The molecule has 0 aliphatic heterocycles. The average molecular weight is 400 g/mol. The highest BCUT2D eigenvalue weighted by Crippen LogP contribution is 2.47. The van der Waals surface area contributed by atoms with Crippen LogP contribution in [-0.2, 0) is 0 Å². The Kier molecular flexibility index (Phi) is 4.24. The van der Waals surface area contributed by atoms with Gasteiger partial charge in [-0.15, -0.1) is 10.2 Å². The highest BCUT2D eigenvalue weighted by Gasteiger charge is 2.34. The molecule has 0 fully saturated rings. The van der Waals surface area contributed by atoms with Crippen molar-refractivity contribution in [2.75, 3.05) is 0 Å². The van der Waals surface area contributed by atoms with Crippen molar-refractivity contribution < 1.29 is 4.42 Å². The third kappa shape index (κ3) is 2.98. The van der Waals surface area contributed by atoms with Crippen molar-refractivity contribution in [3.63, 3.8) is 0 Å². The summed E-state index contributed by atoms with van der Waals surface area (Å²) >= 11 is 0. The Morgan fingerprint density at radius 1 is 0.548 bits per heavy atom. The maximum Gasteiger partial charge on any atom is 0.228 e. The smallest absolute Gasteiger partial charge is 0.228 e. The molecule has 1 aliphatic rings. The molecule has 1 heterocycles. The van der Waals surface area contributed by atoms with E-state index in [1.165, 1.54) is 22.3 Å². The standard InChI is InChI=1S/C28H20N2O/c1-3-11-19(12-4-1)25(20-13-5-2-6-14-20)27-29-30-28(31-27)26-23-17-9-7-15-21(23)22-16-8-10-18-24(22)26/h1-18,25-26H. The van der Waals surface area contributed by atoms with Crippen LogP contribution in [0, 0.1) is 0 Å².